The summed E-state index contributed by atoms with van der Waals surface area (Å²) < 4.78 is 14.9. The van der Waals surface area contributed by atoms with Crippen LogP contribution < -0.4 is 0 Å². The summed E-state index contributed by atoms with van der Waals surface area (Å²) in [5.74, 6) is 0. The lowest BCUT2D eigenvalue weighted by Gasteiger charge is -2.17. The van der Waals surface area contributed by atoms with Crippen molar-refractivity contribution < 1.29 is 14.2 Å². The summed E-state index contributed by atoms with van der Waals surface area (Å²) in [6.07, 6.45) is 2.18. The molecular weight excluding hydrogens is 144 g/mol. The molecule has 0 saturated heterocycles. The van der Waals surface area contributed by atoms with E-state index in [-0.39, 0.29) is 0 Å². The molecule has 0 aliphatic heterocycles. The minimum absolute atomic E-state index is 0.446. The Morgan fingerprint density at radius 1 is 1.00 bits per heavy atom. The zero-order valence-corrected chi connectivity index (χ0v) is 6.95. The second-order valence-electron chi connectivity index (χ2n) is 1.82. The molecule has 0 rings (SSSR count). The number of methoxy groups -OCH3 is 2. The number of hydrogen-bond acceptors (Lipinski definition) is 3. The fourth-order valence-electron chi connectivity index (χ4n) is 0.547. The quantitative estimate of drug-likeness (QED) is 0.431. The lowest BCUT2D eigenvalue weighted by Crippen LogP contribution is -2.21. The van der Waals surface area contributed by atoms with E-state index >= 15 is 0 Å². The average molecular weight is 158 g/mol. The predicted molar refractivity (Wildman–Crippen MR) is 43.1 cm³/mol. The summed E-state index contributed by atoms with van der Waals surface area (Å²) in [5, 5.41) is 0. The Morgan fingerprint density at radius 2 is 1.36 bits per heavy atom. The van der Waals surface area contributed by atoms with E-state index in [1.807, 2.05) is 0 Å². The molecule has 0 aromatic rings. The van der Waals surface area contributed by atoms with Gasteiger partial charge in [-0.15, -0.1) is 0 Å². The van der Waals surface area contributed by atoms with Gasteiger partial charge in [0.2, 0.25) is 0 Å². The van der Waals surface area contributed by atoms with Crippen LogP contribution >= 0.6 is 0 Å². The maximum atomic E-state index is 5.17. The molecule has 2 atom stereocenters. The van der Waals surface area contributed by atoms with Crippen LogP contribution in [0.5, 0.6) is 0 Å². The molecule has 0 amide bonds. The van der Waals surface area contributed by atoms with Crippen LogP contribution in [0.25, 0.3) is 0 Å². The topological polar surface area (TPSA) is 27.7 Å². The fourth-order valence-corrected chi connectivity index (χ4v) is 0.547. The predicted octanol–water partition coefficient (Wildman–Crippen LogP) is 1.32. The highest BCUT2D eigenvalue weighted by atomic mass is 16.8. The van der Waals surface area contributed by atoms with Gasteiger partial charge in [0.25, 0.3) is 0 Å². The van der Waals surface area contributed by atoms with Gasteiger partial charge in [-0.2, -0.15) is 0 Å². The largest absolute Gasteiger partial charge is 0.352 e. The van der Waals surface area contributed by atoms with Crippen LogP contribution in [0.3, 0.4) is 0 Å². The highest BCUT2D eigenvalue weighted by Gasteiger charge is 2.07. The van der Waals surface area contributed by atoms with E-state index in [1.54, 1.807) is 0 Å². The van der Waals surface area contributed by atoms with Gasteiger partial charge in [0.1, 0.15) is 0 Å². The molecule has 3 heteroatoms. The first-order valence-corrected chi connectivity index (χ1v) is 3.24. The maximum Gasteiger partial charge on any atom is 0.179 e. The first kappa shape index (κ1) is 10.4. The molecule has 0 aliphatic carbocycles. The second-order valence-corrected chi connectivity index (χ2v) is 1.82. The van der Waals surface area contributed by atoms with Crippen molar-refractivity contribution >= 4 is 0 Å². The molecular formula is C8H14O3. The third kappa shape index (κ3) is 3.93. The Balaban J connectivity index is 3.76. The third-order valence-electron chi connectivity index (χ3n) is 1.12. The van der Waals surface area contributed by atoms with Gasteiger partial charge in [-0.25, -0.2) is 0 Å². The monoisotopic (exact) mass is 158 g/mol. The van der Waals surface area contributed by atoms with Gasteiger partial charge in [-0.1, -0.05) is 13.2 Å². The van der Waals surface area contributed by atoms with E-state index in [4.69, 9.17) is 14.2 Å². The first-order valence-electron chi connectivity index (χ1n) is 3.24. The average Bonchev–Trinajstić information content (AvgIpc) is 2.07. The Bertz CT molecular complexity index is 109. The smallest absolute Gasteiger partial charge is 0.179 e. The summed E-state index contributed by atoms with van der Waals surface area (Å²) in [5.41, 5.74) is 0. The highest BCUT2D eigenvalue weighted by molar-refractivity contribution is 4.77. The first-order chi connectivity index (χ1) is 5.28. The summed E-state index contributed by atoms with van der Waals surface area (Å²) in [4.78, 5) is 0. The summed E-state index contributed by atoms with van der Waals surface area (Å²) in [6.45, 7) is 7.03. The van der Waals surface area contributed by atoms with Crippen molar-refractivity contribution in [1.29, 1.82) is 0 Å². The van der Waals surface area contributed by atoms with E-state index < -0.39 is 12.6 Å². The molecule has 3 nitrogen and oxygen atoms in total. The van der Waals surface area contributed by atoms with Crippen LogP contribution in [0, 0.1) is 0 Å². The second kappa shape index (κ2) is 6.09. The van der Waals surface area contributed by atoms with Gasteiger partial charge >= 0.3 is 0 Å². The minimum Gasteiger partial charge on any atom is -0.352 e. The van der Waals surface area contributed by atoms with E-state index in [1.165, 1.54) is 26.4 Å². The van der Waals surface area contributed by atoms with Crippen LogP contribution in [-0.4, -0.2) is 26.8 Å². The summed E-state index contributed by atoms with van der Waals surface area (Å²) in [7, 11) is 3.06. The van der Waals surface area contributed by atoms with Gasteiger partial charge in [-0.05, 0) is 12.2 Å². The SMILES string of the molecule is C=CC(OC)OC(C=C)OC. The Hall–Kier alpha value is -0.640. The lowest BCUT2D eigenvalue weighted by molar-refractivity contribution is -0.188. The molecule has 0 heterocycles. The zero-order chi connectivity index (χ0) is 8.69. The normalized spacial score (nSPS) is 15.5. The molecule has 0 spiro atoms. The standard InChI is InChI=1S/C8H14O3/c1-5-7(9-3)11-8(6-2)10-4/h5-8H,1-2H2,3-4H3. The van der Waals surface area contributed by atoms with Gasteiger partial charge < -0.3 is 14.2 Å². The summed E-state index contributed by atoms with van der Waals surface area (Å²) in [6, 6.07) is 0. The molecule has 0 N–H and O–H groups in total. The van der Waals surface area contributed by atoms with Crippen molar-refractivity contribution in [3.05, 3.63) is 25.3 Å². The Morgan fingerprint density at radius 3 is 1.55 bits per heavy atom. The zero-order valence-electron chi connectivity index (χ0n) is 6.95. The van der Waals surface area contributed by atoms with E-state index in [0.717, 1.165) is 0 Å². The Labute approximate surface area is 67.3 Å². The van der Waals surface area contributed by atoms with Crippen LogP contribution in [0.4, 0.5) is 0 Å². The van der Waals surface area contributed by atoms with Crippen molar-refractivity contribution in [3.8, 4) is 0 Å². The van der Waals surface area contributed by atoms with Gasteiger partial charge in [0, 0.05) is 14.2 Å². The van der Waals surface area contributed by atoms with Gasteiger partial charge in [0.15, 0.2) is 12.6 Å². The summed E-state index contributed by atoms with van der Waals surface area (Å²) >= 11 is 0. The number of hydrogen-bond donors (Lipinski definition) is 0. The van der Waals surface area contributed by atoms with Gasteiger partial charge in [0.05, 0.1) is 0 Å². The van der Waals surface area contributed by atoms with E-state index in [9.17, 15) is 0 Å². The molecule has 0 aromatic carbocycles. The minimum atomic E-state index is -0.446. The van der Waals surface area contributed by atoms with Crippen LogP contribution in [-0.2, 0) is 14.2 Å². The molecule has 0 bridgehead atoms. The molecule has 0 fully saturated rings. The Kier molecular flexibility index (Phi) is 5.74. The molecule has 0 aromatic heterocycles. The van der Waals surface area contributed by atoms with Crippen molar-refractivity contribution in [3.63, 3.8) is 0 Å². The van der Waals surface area contributed by atoms with Crippen LogP contribution in [0.1, 0.15) is 0 Å². The lowest BCUT2D eigenvalue weighted by atomic mass is 10.5. The fraction of sp³-hybridized carbons (Fsp3) is 0.500. The molecule has 2 unspecified atom stereocenters. The van der Waals surface area contributed by atoms with Crippen molar-refractivity contribution in [2.24, 2.45) is 0 Å². The van der Waals surface area contributed by atoms with Crippen LogP contribution in [0.2, 0.25) is 0 Å². The van der Waals surface area contributed by atoms with Crippen molar-refractivity contribution in [2.75, 3.05) is 14.2 Å². The van der Waals surface area contributed by atoms with E-state index in [2.05, 4.69) is 13.2 Å². The van der Waals surface area contributed by atoms with Crippen molar-refractivity contribution in [2.45, 2.75) is 12.6 Å². The highest BCUT2D eigenvalue weighted by Crippen LogP contribution is 2.01. The third-order valence-corrected chi connectivity index (χ3v) is 1.12. The number of ether oxygens (including phenoxy) is 3. The molecule has 11 heavy (non-hydrogen) atoms. The van der Waals surface area contributed by atoms with E-state index in [0.29, 0.717) is 0 Å². The van der Waals surface area contributed by atoms with Crippen molar-refractivity contribution in [1.82, 2.24) is 0 Å². The molecule has 0 saturated carbocycles. The molecule has 0 radical (unpaired) electrons. The number of rotatable bonds is 6. The van der Waals surface area contributed by atoms with Crippen LogP contribution in [0.15, 0.2) is 25.3 Å². The maximum absolute atomic E-state index is 5.17. The molecule has 64 valence electrons. The molecule has 0 aliphatic rings. The van der Waals surface area contributed by atoms with Gasteiger partial charge in [-0.3, -0.25) is 0 Å².